The molecule has 4 aromatic rings. The van der Waals surface area contributed by atoms with Crippen molar-refractivity contribution in [2.75, 3.05) is 9.44 Å². The van der Waals surface area contributed by atoms with Gasteiger partial charge in [0.2, 0.25) is 0 Å². The van der Waals surface area contributed by atoms with Gasteiger partial charge in [0.05, 0.1) is 21.2 Å². The molecule has 0 aromatic heterocycles. The first-order chi connectivity index (χ1) is 16.2. The molecule has 0 atom stereocenters. The summed E-state index contributed by atoms with van der Waals surface area (Å²) in [5.74, 6) is 0. The lowest BCUT2D eigenvalue weighted by Crippen LogP contribution is -2.15. The molecule has 4 aromatic carbocycles. The van der Waals surface area contributed by atoms with Crippen molar-refractivity contribution in [3.8, 4) is 11.1 Å². The van der Waals surface area contributed by atoms with E-state index in [1.165, 1.54) is 48.5 Å². The zero-order chi connectivity index (χ0) is 24.3. The van der Waals surface area contributed by atoms with E-state index in [1.807, 2.05) is 0 Å². The van der Waals surface area contributed by atoms with E-state index in [2.05, 4.69) is 9.44 Å². The summed E-state index contributed by atoms with van der Waals surface area (Å²) >= 11 is 11.7. The van der Waals surface area contributed by atoms with Crippen LogP contribution in [0.25, 0.3) is 11.1 Å². The number of anilines is 2. The molecule has 0 unspecified atom stereocenters. The van der Waals surface area contributed by atoms with Gasteiger partial charge in [-0.25, -0.2) is 16.8 Å². The monoisotopic (exact) mass is 532 g/mol. The summed E-state index contributed by atoms with van der Waals surface area (Å²) in [4.78, 5) is 0.0897. The second-order valence-corrected chi connectivity index (χ2v) is 11.4. The Morgan fingerprint density at radius 1 is 0.471 bits per heavy atom. The van der Waals surface area contributed by atoms with Crippen molar-refractivity contribution in [3.63, 3.8) is 0 Å². The van der Waals surface area contributed by atoms with Gasteiger partial charge in [0.15, 0.2) is 0 Å². The third-order valence-electron chi connectivity index (χ3n) is 4.88. The first-order valence-electron chi connectivity index (χ1n) is 9.91. The van der Waals surface area contributed by atoms with E-state index < -0.39 is 20.0 Å². The van der Waals surface area contributed by atoms with Crippen LogP contribution in [0.5, 0.6) is 0 Å². The third kappa shape index (κ3) is 5.37. The van der Waals surface area contributed by atoms with Gasteiger partial charge in [-0.15, -0.1) is 0 Å². The Kier molecular flexibility index (Phi) is 6.86. The lowest BCUT2D eigenvalue weighted by Gasteiger charge is -2.17. The van der Waals surface area contributed by atoms with E-state index in [-0.39, 0.29) is 21.2 Å². The van der Waals surface area contributed by atoms with Crippen molar-refractivity contribution in [1.29, 1.82) is 0 Å². The molecule has 0 bridgehead atoms. The van der Waals surface area contributed by atoms with Crippen LogP contribution < -0.4 is 9.44 Å². The fourth-order valence-electron chi connectivity index (χ4n) is 3.25. The van der Waals surface area contributed by atoms with Gasteiger partial charge in [-0.3, -0.25) is 9.44 Å². The number of hydrogen-bond donors (Lipinski definition) is 2. The molecule has 0 aliphatic carbocycles. The normalized spacial score (nSPS) is 11.7. The average Bonchev–Trinajstić information content (AvgIpc) is 2.80. The standard InChI is InChI=1S/C24H18Cl2N2O4S2/c25-17-9-13-19(14-10-17)33(29,30)27-23-7-3-1-5-21(23)22-6-2-4-8-24(22)28-34(31,32)20-15-11-18(26)12-16-20/h1-16,27-28H. The van der Waals surface area contributed by atoms with E-state index in [4.69, 9.17) is 23.2 Å². The molecule has 0 saturated heterocycles. The lowest BCUT2D eigenvalue weighted by molar-refractivity contribution is 0.599. The van der Waals surface area contributed by atoms with Crippen molar-refractivity contribution >= 4 is 54.6 Å². The second kappa shape index (κ2) is 9.68. The summed E-state index contributed by atoms with van der Waals surface area (Å²) in [6.45, 7) is 0. The van der Waals surface area contributed by atoms with E-state index in [1.54, 1.807) is 48.5 Å². The van der Waals surface area contributed by atoms with Crippen LogP contribution in [0.15, 0.2) is 107 Å². The molecule has 0 heterocycles. The van der Waals surface area contributed by atoms with Crippen LogP contribution in [0, 0.1) is 0 Å². The predicted octanol–water partition coefficient (Wildman–Crippen LogP) is 6.26. The SMILES string of the molecule is O=S(=O)(Nc1ccccc1-c1ccccc1NS(=O)(=O)c1ccc(Cl)cc1)c1ccc(Cl)cc1. The van der Waals surface area contributed by atoms with E-state index in [0.717, 1.165) is 0 Å². The largest absolute Gasteiger partial charge is 0.279 e. The van der Waals surface area contributed by atoms with Gasteiger partial charge in [0, 0.05) is 21.2 Å². The molecule has 0 aliphatic rings. The maximum Gasteiger partial charge on any atom is 0.261 e. The lowest BCUT2D eigenvalue weighted by atomic mass is 10.0. The zero-order valence-corrected chi connectivity index (χ0v) is 20.6. The van der Waals surface area contributed by atoms with Crippen molar-refractivity contribution < 1.29 is 16.8 Å². The van der Waals surface area contributed by atoms with Gasteiger partial charge in [-0.05, 0) is 60.7 Å². The molecule has 6 nitrogen and oxygen atoms in total. The Morgan fingerprint density at radius 2 is 0.794 bits per heavy atom. The Morgan fingerprint density at radius 3 is 1.15 bits per heavy atom. The van der Waals surface area contributed by atoms with Crippen LogP contribution in [-0.2, 0) is 20.0 Å². The molecule has 174 valence electrons. The number of rotatable bonds is 7. The zero-order valence-electron chi connectivity index (χ0n) is 17.4. The molecule has 0 spiro atoms. The summed E-state index contributed by atoms with van der Waals surface area (Å²) in [5.41, 5.74) is 1.56. The Labute approximate surface area is 208 Å². The van der Waals surface area contributed by atoms with Crippen molar-refractivity contribution in [1.82, 2.24) is 0 Å². The molecule has 34 heavy (non-hydrogen) atoms. The Balaban J connectivity index is 1.72. The van der Waals surface area contributed by atoms with Gasteiger partial charge in [0.1, 0.15) is 0 Å². The molecule has 0 radical (unpaired) electrons. The number of benzene rings is 4. The fourth-order valence-corrected chi connectivity index (χ4v) is 5.66. The third-order valence-corrected chi connectivity index (χ3v) is 8.15. The van der Waals surface area contributed by atoms with Gasteiger partial charge in [-0.1, -0.05) is 59.6 Å². The maximum absolute atomic E-state index is 12.9. The summed E-state index contributed by atoms with van der Waals surface area (Å²) in [6, 6.07) is 25.0. The highest BCUT2D eigenvalue weighted by Crippen LogP contribution is 2.35. The average molecular weight is 533 g/mol. The molecular weight excluding hydrogens is 515 g/mol. The molecule has 2 N–H and O–H groups in total. The quantitative estimate of drug-likeness (QED) is 0.293. The minimum absolute atomic E-state index is 0.0448. The molecule has 0 amide bonds. The second-order valence-electron chi connectivity index (χ2n) is 7.21. The summed E-state index contributed by atoms with van der Waals surface area (Å²) in [6.07, 6.45) is 0. The van der Waals surface area contributed by atoms with Crippen LogP contribution >= 0.6 is 23.2 Å². The van der Waals surface area contributed by atoms with E-state index in [0.29, 0.717) is 21.2 Å². The van der Waals surface area contributed by atoms with Crippen LogP contribution in [0.1, 0.15) is 0 Å². The molecule has 0 saturated carbocycles. The van der Waals surface area contributed by atoms with Crippen LogP contribution in [0.4, 0.5) is 11.4 Å². The minimum Gasteiger partial charge on any atom is -0.279 e. The molecule has 4 rings (SSSR count). The van der Waals surface area contributed by atoms with Crippen LogP contribution in [-0.4, -0.2) is 16.8 Å². The van der Waals surface area contributed by atoms with Crippen LogP contribution in [0.3, 0.4) is 0 Å². The Hall–Kier alpha value is -3.04. The summed E-state index contributed by atoms with van der Waals surface area (Å²) in [5, 5.41) is 0.836. The van der Waals surface area contributed by atoms with E-state index >= 15 is 0 Å². The minimum atomic E-state index is -3.92. The van der Waals surface area contributed by atoms with Gasteiger partial charge < -0.3 is 0 Å². The maximum atomic E-state index is 12.9. The smallest absolute Gasteiger partial charge is 0.261 e. The molecule has 0 aliphatic heterocycles. The van der Waals surface area contributed by atoms with Gasteiger partial charge in [0.25, 0.3) is 20.0 Å². The topological polar surface area (TPSA) is 92.3 Å². The van der Waals surface area contributed by atoms with Crippen molar-refractivity contribution in [2.24, 2.45) is 0 Å². The molecule has 10 heteroatoms. The first-order valence-corrected chi connectivity index (χ1v) is 13.6. The van der Waals surface area contributed by atoms with Crippen LogP contribution in [0.2, 0.25) is 10.0 Å². The fraction of sp³-hybridized carbons (Fsp3) is 0. The summed E-state index contributed by atoms with van der Waals surface area (Å²) in [7, 11) is -7.83. The number of hydrogen-bond acceptors (Lipinski definition) is 4. The van der Waals surface area contributed by atoms with Gasteiger partial charge in [-0.2, -0.15) is 0 Å². The highest BCUT2D eigenvalue weighted by molar-refractivity contribution is 7.93. The number of nitrogens with one attached hydrogen (secondary N) is 2. The predicted molar refractivity (Wildman–Crippen MR) is 136 cm³/mol. The van der Waals surface area contributed by atoms with Crippen molar-refractivity contribution in [2.45, 2.75) is 9.79 Å². The first kappa shape index (κ1) is 24.1. The molecule has 0 fully saturated rings. The van der Waals surface area contributed by atoms with Gasteiger partial charge >= 0.3 is 0 Å². The number of para-hydroxylation sites is 2. The Bertz CT molecular complexity index is 1420. The van der Waals surface area contributed by atoms with Crippen molar-refractivity contribution in [3.05, 3.63) is 107 Å². The number of halogens is 2. The molecular formula is C24H18Cl2N2O4S2. The number of sulfonamides is 2. The van der Waals surface area contributed by atoms with E-state index in [9.17, 15) is 16.8 Å². The highest BCUT2D eigenvalue weighted by Gasteiger charge is 2.20. The highest BCUT2D eigenvalue weighted by atomic mass is 35.5. The summed E-state index contributed by atoms with van der Waals surface area (Å²) < 4.78 is 57.0.